The van der Waals surface area contributed by atoms with Crippen LogP contribution < -0.4 is 4.74 Å². The van der Waals surface area contributed by atoms with E-state index in [-0.39, 0.29) is 11.8 Å². The molecule has 8 nitrogen and oxygen atoms in total. The van der Waals surface area contributed by atoms with Gasteiger partial charge in [0, 0.05) is 50.3 Å². The number of hydrogen-bond donors (Lipinski definition) is 0. The molecule has 2 fully saturated rings. The van der Waals surface area contributed by atoms with Crippen molar-refractivity contribution < 1.29 is 14.3 Å². The number of pyridine rings is 1. The highest BCUT2D eigenvalue weighted by molar-refractivity contribution is 5.94. The number of carbonyl (C=O) groups excluding carboxylic acids is 2. The number of imidazole rings is 1. The van der Waals surface area contributed by atoms with E-state index in [0.717, 1.165) is 29.5 Å². The maximum atomic E-state index is 13.1. The molecule has 0 unspecified atom stereocenters. The minimum atomic E-state index is -0.0101. The second-order valence-electron chi connectivity index (χ2n) is 10.0. The van der Waals surface area contributed by atoms with Crippen molar-refractivity contribution in [2.75, 3.05) is 32.8 Å². The van der Waals surface area contributed by atoms with Gasteiger partial charge in [0.05, 0.1) is 13.0 Å². The van der Waals surface area contributed by atoms with Crippen molar-refractivity contribution in [1.29, 1.82) is 0 Å². The Bertz CT molecular complexity index is 1160. The zero-order valence-electron chi connectivity index (χ0n) is 21.3. The average molecular weight is 502 g/mol. The molecule has 2 amide bonds. The number of amides is 2. The zero-order valence-corrected chi connectivity index (χ0v) is 21.3. The Hall–Kier alpha value is -3.68. The Morgan fingerprint density at radius 1 is 0.973 bits per heavy atom. The number of aromatic nitrogens is 3. The highest BCUT2D eigenvalue weighted by Crippen LogP contribution is 2.26. The molecular weight excluding hydrogens is 466 g/mol. The van der Waals surface area contributed by atoms with Gasteiger partial charge in [-0.3, -0.25) is 14.2 Å². The number of benzene rings is 1. The Morgan fingerprint density at radius 2 is 1.78 bits per heavy atom. The van der Waals surface area contributed by atoms with Gasteiger partial charge in [-0.1, -0.05) is 44.2 Å². The summed E-state index contributed by atoms with van der Waals surface area (Å²) in [5, 5.41) is 0. The molecule has 5 rings (SSSR count). The number of ether oxygens (including phenoxy) is 1. The molecule has 3 aromatic rings. The Labute approximate surface area is 218 Å². The summed E-state index contributed by atoms with van der Waals surface area (Å²) in [7, 11) is 0. The highest BCUT2D eigenvalue weighted by atomic mass is 16.5. The van der Waals surface area contributed by atoms with E-state index in [1.807, 2.05) is 57.0 Å². The third kappa shape index (κ3) is 6.56. The van der Waals surface area contributed by atoms with Crippen LogP contribution in [0, 0.1) is 5.92 Å². The molecule has 0 atom stereocenters. The SMILES string of the molecule is O=C(Cc1ccc(-n2ccnc2)nc1)N1CCN(C(=O)c2cccc(OCCC3CCCCC3)c2)CC1. The van der Waals surface area contributed by atoms with Crippen LogP contribution in [0.4, 0.5) is 0 Å². The second kappa shape index (κ2) is 12.0. The van der Waals surface area contributed by atoms with Crippen molar-refractivity contribution in [3.05, 3.63) is 72.4 Å². The van der Waals surface area contributed by atoms with Gasteiger partial charge in [0.1, 0.15) is 17.9 Å². The summed E-state index contributed by atoms with van der Waals surface area (Å²) in [5.41, 5.74) is 1.51. The first-order valence-corrected chi connectivity index (χ1v) is 13.4. The van der Waals surface area contributed by atoms with E-state index in [4.69, 9.17) is 4.74 Å². The Kier molecular flexibility index (Phi) is 8.13. The van der Waals surface area contributed by atoms with Crippen molar-refractivity contribution >= 4 is 11.8 Å². The van der Waals surface area contributed by atoms with Gasteiger partial charge in [0.2, 0.25) is 5.91 Å². The van der Waals surface area contributed by atoms with Crippen LogP contribution in [-0.2, 0) is 11.2 Å². The summed E-state index contributed by atoms with van der Waals surface area (Å²) in [6.45, 7) is 2.81. The molecule has 1 aromatic carbocycles. The van der Waals surface area contributed by atoms with Crippen molar-refractivity contribution in [2.45, 2.75) is 44.9 Å². The van der Waals surface area contributed by atoms with Crippen LogP contribution in [0.1, 0.15) is 54.4 Å². The first-order valence-electron chi connectivity index (χ1n) is 13.4. The minimum Gasteiger partial charge on any atom is -0.494 e. The summed E-state index contributed by atoms with van der Waals surface area (Å²) in [5.74, 6) is 2.33. The molecule has 0 N–H and O–H groups in total. The van der Waals surface area contributed by atoms with Gasteiger partial charge in [-0.05, 0) is 42.2 Å². The molecule has 3 heterocycles. The molecule has 1 aliphatic carbocycles. The van der Waals surface area contributed by atoms with Gasteiger partial charge in [0.15, 0.2) is 0 Å². The van der Waals surface area contributed by atoms with Crippen LogP contribution in [0.5, 0.6) is 5.75 Å². The summed E-state index contributed by atoms with van der Waals surface area (Å²) < 4.78 is 7.81. The van der Waals surface area contributed by atoms with E-state index in [2.05, 4.69) is 9.97 Å². The lowest BCUT2D eigenvalue weighted by Gasteiger charge is -2.35. The van der Waals surface area contributed by atoms with E-state index in [1.165, 1.54) is 32.1 Å². The number of piperazine rings is 1. The van der Waals surface area contributed by atoms with Gasteiger partial charge < -0.3 is 14.5 Å². The van der Waals surface area contributed by atoms with E-state index in [0.29, 0.717) is 44.8 Å². The van der Waals surface area contributed by atoms with Crippen molar-refractivity contribution in [3.63, 3.8) is 0 Å². The fourth-order valence-corrected chi connectivity index (χ4v) is 5.23. The quantitative estimate of drug-likeness (QED) is 0.463. The van der Waals surface area contributed by atoms with Gasteiger partial charge in [-0.2, -0.15) is 0 Å². The van der Waals surface area contributed by atoms with E-state index in [9.17, 15) is 9.59 Å². The van der Waals surface area contributed by atoms with Crippen molar-refractivity contribution in [2.24, 2.45) is 5.92 Å². The molecule has 2 aliphatic rings. The fourth-order valence-electron chi connectivity index (χ4n) is 5.23. The lowest BCUT2D eigenvalue weighted by Crippen LogP contribution is -2.51. The van der Waals surface area contributed by atoms with Gasteiger partial charge in [-0.15, -0.1) is 0 Å². The van der Waals surface area contributed by atoms with E-state index in [1.54, 1.807) is 18.7 Å². The van der Waals surface area contributed by atoms with Crippen molar-refractivity contribution in [3.8, 4) is 11.6 Å². The molecule has 0 bridgehead atoms. The van der Waals surface area contributed by atoms with E-state index >= 15 is 0 Å². The number of hydrogen-bond acceptors (Lipinski definition) is 5. The molecule has 0 radical (unpaired) electrons. The highest BCUT2D eigenvalue weighted by Gasteiger charge is 2.25. The van der Waals surface area contributed by atoms with Crippen LogP contribution in [0.2, 0.25) is 0 Å². The molecule has 8 heteroatoms. The summed E-state index contributed by atoms with van der Waals surface area (Å²) >= 11 is 0. The predicted molar refractivity (Wildman–Crippen MR) is 141 cm³/mol. The fraction of sp³-hybridized carbons (Fsp3) is 0.448. The smallest absolute Gasteiger partial charge is 0.254 e. The molecule has 0 spiro atoms. The van der Waals surface area contributed by atoms with Gasteiger partial charge in [-0.25, -0.2) is 9.97 Å². The maximum absolute atomic E-state index is 13.1. The normalized spacial score (nSPS) is 16.5. The standard InChI is InChI=1S/C29H35N5O3/c35-28(19-24-9-10-27(31-21-24)34-13-12-30-22-34)32-14-16-33(17-15-32)29(36)25-7-4-8-26(20-25)37-18-11-23-5-2-1-3-6-23/h4,7-10,12-13,20-23H,1-3,5-6,11,14-19H2. The summed E-state index contributed by atoms with van der Waals surface area (Å²) in [6, 6.07) is 11.3. The molecule has 1 aliphatic heterocycles. The van der Waals surface area contributed by atoms with E-state index < -0.39 is 0 Å². The van der Waals surface area contributed by atoms with Gasteiger partial charge in [0.25, 0.3) is 5.91 Å². The van der Waals surface area contributed by atoms with Crippen LogP contribution in [0.15, 0.2) is 61.3 Å². The topological polar surface area (TPSA) is 80.6 Å². The van der Waals surface area contributed by atoms with Crippen molar-refractivity contribution in [1.82, 2.24) is 24.3 Å². The molecular formula is C29H35N5O3. The second-order valence-corrected chi connectivity index (χ2v) is 10.0. The number of carbonyl (C=O) groups is 2. The maximum Gasteiger partial charge on any atom is 0.254 e. The van der Waals surface area contributed by atoms with Crippen LogP contribution in [0.3, 0.4) is 0 Å². The lowest BCUT2D eigenvalue weighted by atomic mass is 9.87. The molecule has 2 aromatic heterocycles. The van der Waals surface area contributed by atoms with Crippen LogP contribution in [0.25, 0.3) is 5.82 Å². The summed E-state index contributed by atoms with van der Waals surface area (Å²) in [6.07, 6.45) is 15.0. The third-order valence-electron chi connectivity index (χ3n) is 7.45. The Morgan fingerprint density at radius 3 is 2.51 bits per heavy atom. The van der Waals surface area contributed by atoms with Crippen LogP contribution >= 0.6 is 0 Å². The number of nitrogens with zero attached hydrogens (tertiary/aromatic N) is 5. The molecule has 37 heavy (non-hydrogen) atoms. The number of rotatable bonds is 8. The largest absolute Gasteiger partial charge is 0.494 e. The van der Waals surface area contributed by atoms with Gasteiger partial charge >= 0.3 is 0 Å². The third-order valence-corrected chi connectivity index (χ3v) is 7.45. The molecule has 1 saturated heterocycles. The first kappa shape index (κ1) is 25.0. The summed E-state index contributed by atoms with van der Waals surface area (Å²) in [4.78, 5) is 38.1. The first-order chi connectivity index (χ1) is 18.2. The predicted octanol–water partition coefficient (Wildman–Crippen LogP) is 4.14. The Balaban J connectivity index is 1.08. The average Bonchev–Trinajstić information content (AvgIpc) is 3.49. The molecule has 194 valence electrons. The zero-order chi connectivity index (χ0) is 25.5. The minimum absolute atomic E-state index is 0.0101. The molecule has 1 saturated carbocycles. The monoisotopic (exact) mass is 501 g/mol. The lowest BCUT2D eigenvalue weighted by molar-refractivity contribution is -0.131. The van der Waals surface area contributed by atoms with Crippen LogP contribution in [-0.4, -0.2) is 68.9 Å².